The molecule has 0 spiro atoms. The van der Waals surface area contributed by atoms with Crippen molar-refractivity contribution in [3.63, 3.8) is 0 Å². The lowest BCUT2D eigenvalue weighted by Crippen LogP contribution is -2.37. The normalized spacial score (nSPS) is 21.0. The van der Waals surface area contributed by atoms with Crippen LogP contribution < -0.4 is 9.47 Å². The molecular formula is C24H25NO6. The summed E-state index contributed by atoms with van der Waals surface area (Å²) in [5, 5.41) is 21.4. The van der Waals surface area contributed by atoms with Crippen molar-refractivity contribution in [3.05, 3.63) is 59.2 Å². The topological polar surface area (TPSA) is 96.3 Å². The van der Waals surface area contributed by atoms with Crippen molar-refractivity contribution in [1.29, 1.82) is 0 Å². The summed E-state index contributed by atoms with van der Waals surface area (Å²) in [7, 11) is 2.99. The molecule has 7 heteroatoms. The number of ketones is 1. The van der Waals surface area contributed by atoms with Gasteiger partial charge in [0.2, 0.25) is 0 Å². The zero-order valence-corrected chi connectivity index (χ0v) is 17.5. The maximum absolute atomic E-state index is 13.1. The molecule has 1 saturated carbocycles. The Hall–Kier alpha value is -3.48. The second-order valence-electron chi connectivity index (χ2n) is 7.80. The first-order valence-electron chi connectivity index (χ1n) is 10.3. The van der Waals surface area contributed by atoms with Crippen molar-refractivity contribution in [1.82, 2.24) is 4.90 Å². The van der Waals surface area contributed by atoms with Crippen molar-refractivity contribution >= 4 is 17.4 Å². The zero-order chi connectivity index (χ0) is 22.1. The van der Waals surface area contributed by atoms with Gasteiger partial charge >= 0.3 is 0 Å². The third kappa shape index (κ3) is 3.60. The van der Waals surface area contributed by atoms with Gasteiger partial charge in [0.25, 0.3) is 11.7 Å². The molecule has 1 saturated heterocycles. The molecule has 1 atom stereocenters. The number of ether oxygens (including phenoxy) is 2. The third-order valence-corrected chi connectivity index (χ3v) is 6.08. The Kier molecular flexibility index (Phi) is 5.59. The third-order valence-electron chi connectivity index (χ3n) is 6.08. The summed E-state index contributed by atoms with van der Waals surface area (Å²) in [4.78, 5) is 27.7. The van der Waals surface area contributed by atoms with Crippen molar-refractivity contribution in [2.45, 2.75) is 37.8 Å². The number of amides is 1. The van der Waals surface area contributed by atoms with E-state index in [-0.39, 0.29) is 28.9 Å². The Morgan fingerprint density at radius 3 is 2.26 bits per heavy atom. The van der Waals surface area contributed by atoms with Crippen LogP contribution in [0.5, 0.6) is 17.2 Å². The van der Waals surface area contributed by atoms with Gasteiger partial charge in [-0.25, -0.2) is 0 Å². The predicted octanol–water partition coefficient (Wildman–Crippen LogP) is 3.77. The Morgan fingerprint density at radius 2 is 1.68 bits per heavy atom. The van der Waals surface area contributed by atoms with E-state index in [9.17, 15) is 19.8 Å². The Bertz CT molecular complexity index is 1040. The predicted molar refractivity (Wildman–Crippen MR) is 114 cm³/mol. The fourth-order valence-electron chi connectivity index (χ4n) is 4.52. The quantitative estimate of drug-likeness (QED) is 0.432. The number of aromatic hydroxyl groups is 1. The van der Waals surface area contributed by atoms with Crippen molar-refractivity contribution < 1.29 is 29.3 Å². The van der Waals surface area contributed by atoms with E-state index in [0.717, 1.165) is 25.7 Å². The summed E-state index contributed by atoms with van der Waals surface area (Å²) in [6.07, 6.45) is 3.56. The van der Waals surface area contributed by atoms with E-state index in [0.29, 0.717) is 16.9 Å². The lowest BCUT2D eigenvalue weighted by atomic mass is 9.94. The molecule has 162 valence electrons. The molecule has 1 aliphatic heterocycles. The molecule has 1 aliphatic carbocycles. The van der Waals surface area contributed by atoms with E-state index >= 15 is 0 Å². The SMILES string of the molecule is COc1ccc(/C(O)=C2/C(=O)C(=O)N(C3CCCC3)C2c2ccc(OC)c(O)c2)cc1. The van der Waals surface area contributed by atoms with Crippen LogP contribution in [0, 0.1) is 0 Å². The second kappa shape index (κ2) is 8.34. The van der Waals surface area contributed by atoms with Gasteiger partial charge in [0.1, 0.15) is 11.5 Å². The molecule has 31 heavy (non-hydrogen) atoms. The van der Waals surface area contributed by atoms with Gasteiger partial charge in [0, 0.05) is 11.6 Å². The van der Waals surface area contributed by atoms with E-state index in [4.69, 9.17) is 9.47 Å². The van der Waals surface area contributed by atoms with Crippen LogP contribution in [0.2, 0.25) is 0 Å². The first-order valence-corrected chi connectivity index (χ1v) is 10.3. The molecule has 0 bridgehead atoms. The van der Waals surface area contributed by atoms with Crippen LogP contribution in [0.15, 0.2) is 48.0 Å². The van der Waals surface area contributed by atoms with Crippen LogP contribution in [-0.4, -0.2) is 47.1 Å². The number of methoxy groups -OCH3 is 2. The molecule has 2 N–H and O–H groups in total. The minimum absolute atomic E-state index is 0.0200. The number of phenols is 1. The summed E-state index contributed by atoms with van der Waals surface area (Å²) >= 11 is 0. The minimum Gasteiger partial charge on any atom is -0.507 e. The van der Waals surface area contributed by atoms with Crippen LogP contribution in [0.4, 0.5) is 0 Å². The molecule has 2 aromatic rings. The number of carbonyl (C=O) groups is 2. The van der Waals surface area contributed by atoms with E-state index in [1.807, 2.05) is 0 Å². The van der Waals surface area contributed by atoms with Crippen LogP contribution in [0.3, 0.4) is 0 Å². The number of carbonyl (C=O) groups excluding carboxylic acids is 2. The largest absolute Gasteiger partial charge is 0.507 e. The molecule has 7 nitrogen and oxygen atoms in total. The smallest absolute Gasteiger partial charge is 0.295 e. The van der Waals surface area contributed by atoms with Gasteiger partial charge in [-0.1, -0.05) is 18.9 Å². The maximum Gasteiger partial charge on any atom is 0.295 e. The molecule has 2 fully saturated rings. The Labute approximate surface area is 180 Å². The first-order chi connectivity index (χ1) is 15.0. The number of likely N-dealkylation sites (tertiary alicyclic amines) is 1. The van der Waals surface area contributed by atoms with E-state index in [1.165, 1.54) is 20.3 Å². The van der Waals surface area contributed by atoms with Crippen LogP contribution in [-0.2, 0) is 9.59 Å². The molecule has 1 heterocycles. The van der Waals surface area contributed by atoms with Crippen LogP contribution in [0.25, 0.3) is 5.76 Å². The number of phenolic OH excluding ortho intramolecular Hbond substituents is 1. The summed E-state index contributed by atoms with van der Waals surface area (Å²) in [5.74, 6) is -0.789. The molecule has 1 unspecified atom stereocenters. The van der Waals surface area contributed by atoms with E-state index in [2.05, 4.69) is 0 Å². The minimum atomic E-state index is -0.790. The van der Waals surface area contributed by atoms with E-state index in [1.54, 1.807) is 41.3 Å². The van der Waals surface area contributed by atoms with Gasteiger partial charge in [0.05, 0.1) is 25.8 Å². The average molecular weight is 423 g/mol. The van der Waals surface area contributed by atoms with Gasteiger partial charge in [-0.05, 0) is 54.8 Å². The summed E-state index contributed by atoms with van der Waals surface area (Å²) in [5.41, 5.74) is 0.971. The number of nitrogens with zero attached hydrogens (tertiary/aromatic N) is 1. The molecule has 2 aliphatic rings. The highest BCUT2D eigenvalue weighted by Gasteiger charge is 2.49. The Balaban J connectivity index is 1.87. The standard InChI is InChI=1S/C24H25NO6/c1-30-17-10-7-14(8-11-17)22(27)20-21(15-9-12-19(31-2)18(26)13-15)25(24(29)23(20)28)16-5-3-4-6-16/h7-13,16,21,26-27H,3-6H2,1-2H3/b22-20-. The molecule has 0 radical (unpaired) electrons. The van der Waals surface area contributed by atoms with Crippen LogP contribution >= 0.6 is 0 Å². The summed E-state index contributed by atoms with van der Waals surface area (Å²) < 4.78 is 10.3. The van der Waals surface area contributed by atoms with Crippen molar-refractivity contribution in [3.8, 4) is 17.2 Å². The van der Waals surface area contributed by atoms with Gasteiger partial charge < -0.3 is 24.6 Å². The van der Waals surface area contributed by atoms with Gasteiger partial charge in [-0.2, -0.15) is 0 Å². The monoisotopic (exact) mass is 423 g/mol. The molecule has 2 aromatic carbocycles. The van der Waals surface area contributed by atoms with Crippen molar-refractivity contribution in [2.24, 2.45) is 0 Å². The molecular weight excluding hydrogens is 398 g/mol. The first kappa shape index (κ1) is 20.8. The zero-order valence-electron chi connectivity index (χ0n) is 17.5. The second-order valence-corrected chi connectivity index (χ2v) is 7.80. The molecule has 1 amide bonds. The number of aliphatic hydroxyl groups is 1. The fraction of sp³-hybridized carbons (Fsp3) is 0.333. The van der Waals surface area contributed by atoms with Gasteiger partial charge in [-0.3, -0.25) is 9.59 Å². The fourth-order valence-corrected chi connectivity index (χ4v) is 4.52. The van der Waals surface area contributed by atoms with Gasteiger partial charge in [0.15, 0.2) is 11.5 Å². The number of Topliss-reactive ketones (excluding diaryl/α,β-unsaturated/α-hetero) is 1. The summed E-state index contributed by atoms with van der Waals surface area (Å²) in [6.45, 7) is 0. The van der Waals surface area contributed by atoms with Gasteiger partial charge in [-0.15, -0.1) is 0 Å². The lowest BCUT2D eigenvalue weighted by molar-refractivity contribution is -0.141. The number of aliphatic hydroxyl groups excluding tert-OH is 1. The van der Waals surface area contributed by atoms with Crippen molar-refractivity contribution in [2.75, 3.05) is 14.2 Å². The highest BCUT2D eigenvalue weighted by molar-refractivity contribution is 6.46. The van der Waals surface area contributed by atoms with E-state index < -0.39 is 17.7 Å². The lowest BCUT2D eigenvalue weighted by Gasteiger charge is -2.31. The highest BCUT2D eigenvalue weighted by Crippen LogP contribution is 2.45. The number of benzene rings is 2. The number of hydrogen-bond acceptors (Lipinski definition) is 6. The molecule has 0 aromatic heterocycles. The van der Waals surface area contributed by atoms with Crippen LogP contribution in [0.1, 0.15) is 42.9 Å². The average Bonchev–Trinajstić information content (AvgIpc) is 3.40. The molecule has 4 rings (SSSR count). The number of hydrogen-bond donors (Lipinski definition) is 2. The summed E-state index contributed by atoms with van der Waals surface area (Å²) in [6, 6.07) is 10.5. The maximum atomic E-state index is 13.1. The number of rotatable bonds is 5. The Morgan fingerprint density at radius 1 is 1.00 bits per heavy atom. The highest BCUT2D eigenvalue weighted by atomic mass is 16.5.